The Labute approximate surface area is 159 Å². The van der Waals surface area contributed by atoms with E-state index in [1.54, 1.807) is 38.1 Å². The van der Waals surface area contributed by atoms with Gasteiger partial charge in [0.25, 0.3) is 5.91 Å². The lowest BCUT2D eigenvalue weighted by Crippen LogP contribution is -2.49. The number of carbonyl (C=O) groups excluding carboxylic acids is 1. The topological polar surface area (TPSA) is 47.6 Å². The Morgan fingerprint density at radius 3 is 2.73 bits per heavy atom. The summed E-state index contributed by atoms with van der Waals surface area (Å²) in [6.07, 6.45) is 1.71. The summed E-state index contributed by atoms with van der Waals surface area (Å²) in [4.78, 5) is 12.6. The van der Waals surface area contributed by atoms with Crippen LogP contribution < -0.4 is 14.8 Å². The second kappa shape index (κ2) is 7.58. The summed E-state index contributed by atoms with van der Waals surface area (Å²) < 4.78 is 11.4. The molecule has 3 rings (SSSR count). The van der Waals surface area contributed by atoms with Gasteiger partial charge in [-0.15, -0.1) is 0 Å². The zero-order valence-electron chi connectivity index (χ0n) is 15.3. The average Bonchev–Trinajstić information content (AvgIpc) is 3.04. The summed E-state index contributed by atoms with van der Waals surface area (Å²) in [5.41, 5.74) is 1.46. The monoisotopic (exact) mass is 373 g/mol. The Balaban J connectivity index is 1.58. The smallest absolute Gasteiger partial charge is 0.263 e. The summed E-state index contributed by atoms with van der Waals surface area (Å²) >= 11 is 5.88. The van der Waals surface area contributed by atoms with Gasteiger partial charge in [-0.3, -0.25) is 4.79 Å². The maximum atomic E-state index is 12.6. The van der Waals surface area contributed by atoms with E-state index in [0.717, 1.165) is 25.2 Å². The van der Waals surface area contributed by atoms with Crippen molar-refractivity contribution in [2.75, 3.05) is 6.61 Å². The first-order valence-electron chi connectivity index (χ1n) is 8.83. The second-order valence-corrected chi connectivity index (χ2v) is 7.62. The van der Waals surface area contributed by atoms with E-state index >= 15 is 0 Å². The molecule has 0 saturated carbocycles. The SMILES string of the molecule is CC(Cc1ccc2c(c1)CCO2)NC(=O)C(C)(C)Oc1ccc(Cl)cc1. The summed E-state index contributed by atoms with van der Waals surface area (Å²) in [7, 11) is 0. The molecule has 2 aromatic carbocycles. The van der Waals surface area contributed by atoms with Crippen molar-refractivity contribution in [2.45, 2.75) is 45.3 Å². The fourth-order valence-electron chi connectivity index (χ4n) is 3.01. The number of fused-ring (bicyclic) bond motifs is 1. The van der Waals surface area contributed by atoms with Crippen LogP contribution in [0.1, 0.15) is 31.9 Å². The van der Waals surface area contributed by atoms with Gasteiger partial charge in [-0.1, -0.05) is 23.7 Å². The Bertz CT molecular complexity index is 786. The molecule has 0 fully saturated rings. The van der Waals surface area contributed by atoms with E-state index in [0.29, 0.717) is 10.8 Å². The van der Waals surface area contributed by atoms with Gasteiger partial charge in [0.15, 0.2) is 5.60 Å². The minimum Gasteiger partial charge on any atom is -0.493 e. The molecule has 4 nitrogen and oxygen atoms in total. The molecule has 0 radical (unpaired) electrons. The molecule has 1 amide bonds. The maximum absolute atomic E-state index is 12.6. The number of hydrogen-bond acceptors (Lipinski definition) is 3. The molecule has 1 unspecified atom stereocenters. The van der Waals surface area contributed by atoms with E-state index in [-0.39, 0.29) is 11.9 Å². The lowest BCUT2D eigenvalue weighted by molar-refractivity contribution is -0.134. The molecule has 0 bridgehead atoms. The third-order valence-corrected chi connectivity index (χ3v) is 4.66. The number of ether oxygens (including phenoxy) is 2. The van der Waals surface area contributed by atoms with Crippen molar-refractivity contribution in [1.29, 1.82) is 0 Å². The van der Waals surface area contributed by atoms with Crippen LogP contribution in [-0.4, -0.2) is 24.2 Å². The molecule has 1 heterocycles. The Hall–Kier alpha value is -2.20. The minimum atomic E-state index is -0.978. The van der Waals surface area contributed by atoms with Gasteiger partial charge in [0.05, 0.1) is 6.61 Å². The molecule has 0 aliphatic carbocycles. The van der Waals surface area contributed by atoms with Crippen LogP contribution in [0.15, 0.2) is 42.5 Å². The highest BCUT2D eigenvalue weighted by Crippen LogP contribution is 2.26. The first kappa shape index (κ1) is 18.6. The molecular weight excluding hydrogens is 350 g/mol. The molecule has 26 heavy (non-hydrogen) atoms. The summed E-state index contributed by atoms with van der Waals surface area (Å²) in [5, 5.41) is 3.68. The van der Waals surface area contributed by atoms with Crippen molar-refractivity contribution in [3.05, 3.63) is 58.6 Å². The van der Waals surface area contributed by atoms with E-state index in [9.17, 15) is 4.79 Å². The molecule has 0 aromatic heterocycles. The highest BCUT2D eigenvalue weighted by atomic mass is 35.5. The molecule has 1 N–H and O–H groups in total. The zero-order valence-corrected chi connectivity index (χ0v) is 16.1. The van der Waals surface area contributed by atoms with Crippen LogP contribution >= 0.6 is 11.6 Å². The highest BCUT2D eigenvalue weighted by Gasteiger charge is 2.31. The molecule has 5 heteroatoms. The molecule has 0 saturated heterocycles. The van der Waals surface area contributed by atoms with Crippen molar-refractivity contribution >= 4 is 17.5 Å². The molecule has 1 aliphatic heterocycles. The van der Waals surface area contributed by atoms with Gasteiger partial charge in [-0.25, -0.2) is 0 Å². The fraction of sp³-hybridized carbons (Fsp3) is 0.381. The molecule has 0 spiro atoms. The van der Waals surface area contributed by atoms with E-state index in [1.165, 1.54) is 11.1 Å². The predicted octanol–water partition coefficient (Wildman–Crippen LogP) is 4.18. The summed E-state index contributed by atoms with van der Waals surface area (Å²) in [6.45, 7) is 6.27. The van der Waals surface area contributed by atoms with Crippen LogP contribution in [-0.2, 0) is 17.6 Å². The van der Waals surface area contributed by atoms with Gasteiger partial charge < -0.3 is 14.8 Å². The van der Waals surface area contributed by atoms with Crippen molar-refractivity contribution < 1.29 is 14.3 Å². The number of carbonyl (C=O) groups is 1. The molecule has 2 aromatic rings. The zero-order chi connectivity index (χ0) is 18.7. The number of rotatable bonds is 6. The van der Waals surface area contributed by atoms with Gasteiger partial charge in [-0.05, 0) is 68.7 Å². The first-order chi connectivity index (χ1) is 12.3. The quantitative estimate of drug-likeness (QED) is 0.826. The van der Waals surface area contributed by atoms with Crippen LogP contribution in [0.2, 0.25) is 5.02 Å². The second-order valence-electron chi connectivity index (χ2n) is 7.19. The summed E-state index contributed by atoms with van der Waals surface area (Å²) in [5.74, 6) is 1.44. The normalized spacial score (nSPS) is 14.3. The lowest BCUT2D eigenvalue weighted by atomic mass is 10.0. The standard InChI is InChI=1S/C21H24ClNO3/c1-14(12-15-4-9-19-16(13-15)10-11-25-19)23-20(24)21(2,3)26-18-7-5-17(22)6-8-18/h4-9,13-14H,10-12H2,1-3H3,(H,23,24). The van der Waals surface area contributed by atoms with Crippen molar-refractivity contribution in [2.24, 2.45) is 0 Å². The van der Waals surface area contributed by atoms with Gasteiger partial charge in [0.1, 0.15) is 11.5 Å². The largest absolute Gasteiger partial charge is 0.493 e. The van der Waals surface area contributed by atoms with Crippen molar-refractivity contribution in [1.82, 2.24) is 5.32 Å². The molecular formula is C21H24ClNO3. The van der Waals surface area contributed by atoms with Gasteiger partial charge in [-0.2, -0.15) is 0 Å². The van der Waals surface area contributed by atoms with E-state index in [2.05, 4.69) is 17.4 Å². The Morgan fingerprint density at radius 1 is 1.27 bits per heavy atom. The number of halogens is 1. The highest BCUT2D eigenvalue weighted by molar-refractivity contribution is 6.30. The minimum absolute atomic E-state index is 0.00374. The Morgan fingerprint density at radius 2 is 2.00 bits per heavy atom. The van der Waals surface area contributed by atoms with Gasteiger partial charge >= 0.3 is 0 Å². The summed E-state index contributed by atoms with van der Waals surface area (Å²) in [6, 6.07) is 13.2. The lowest BCUT2D eigenvalue weighted by Gasteiger charge is -2.27. The first-order valence-corrected chi connectivity index (χ1v) is 9.21. The van der Waals surface area contributed by atoms with Gasteiger partial charge in [0.2, 0.25) is 0 Å². The number of hydrogen-bond donors (Lipinski definition) is 1. The Kier molecular flexibility index (Phi) is 5.42. The predicted molar refractivity (Wildman–Crippen MR) is 103 cm³/mol. The van der Waals surface area contributed by atoms with E-state index in [4.69, 9.17) is 21.1 Å². The van der Waals surface area contributed by atoms with Crippen LogP contribution in [0.3, 0.4) is 0 Å². The molecule has 138 valence electrons. The number of nitrogens with one attached hydrogen (secondary N) is 1. The van der Waals surface area contributed by atoms with Gasteiger partial charge in [0, 0.05) is 17.5 Å². The van der Waals surface area contributed by atoms with Crippen LogP contribution in [0.25, 0.3) is 0 Å². The third-order valence-electron chi connectivity index (χ3n) is 4.41. The number of benzene rings is 2. The maximum Gasteiger partial charge on any atom is 0.263 e. The molecule has 1 aliphatic rings. The van der Waals surface area contributed by atoms with Crippen molar-refractivity contribution in [3.8, 4) is 11.5 Å². The van der Waals surface area contributed by atoms with Crippen LogP contribution in [0, 0.1) is 0 Å². The van der Waals surface area contributed by atoms with E-state index < -0.39 is 5.60 Å². The average molecular weight is 374 g/mol. The van der Waals surface area contributed by atoms with Crippen LogP contribution in [0.4, 0.5) is 0 Å². The fourth-order valence-corrected chi connectivity index (χ4v) is 3.14. The third kappa shape index (κ3) is 4.50. The number of amides is 1. The van der Waals surface area contributed by atoms with E-state index in [1.807, 2.05) is 13.0 Å². The van der Waals surface area contributed by atoms with Crippen molar-refractivity contribution in [3.63, 3.8) is 0 Å². The molecule has 1 atom stereocenters. The van der Waals surface area contributed by atoms with Crippen LogP contribution in [0.5, 0.6) is 11.5 Å².